The molecular weight excluding hydrogens is 154 g/mol. The minimum absolute atomic E-state index is 0.119. The third-order valence-electron chi connectivity index (χ3n) is 1.94. The number of fused-ring (bicyclic) bond motifs is 1. The first kappa shape index (κ1) is 7.24. The van der Waals surface area contributed by atoms with Crippen LogP contribution in [0.15, 0.2) is 18.3 Å². The van der Waals surface area contributed by atoms with Gasteiger partial charge >= 0.3 is 0 Å². The Hall–Kier alpha value is -1.42. The van der Waals surface area contributed by atoms with Crippen LogP contribution >= 0.6 is 0 Å². The van der Waals surface area contributed by atoms with Crippen molar-refractivity contribution in [2.45, 2.75) is 6.04 Å². The Morgan fingerprint density at radius 2 is 2.50 bits per heavy atom. The third-order valence-corrected chi connectivity index (χ3v) is 1.94. The Balaban J connectivity index is 2.55. The monoisotopic (exact) mass is 163 g/mol. The van der Waals surface area contributed by atoms with Gasteiger partial charge in [-0.1, -0.05) is 6.07 Å². The van der Waals surface area contributed by atoms with Crippen LogP contribution in [0.25, 0.3) is 0 Å². The van der Waals surface area contributed by atoms with Crippen LogP contribution in [-0.4, -0.2) is 17.4 Å². The van der Waals surface area contributed by atoms with Gasteiger partial charge in [0.15, 0.2) is 0 Å². The Morgan fingerprint density at radius 1 is 1.67 bits per heavy atom. The van der Waals surface area contributed by atoms with Crippen LogP contribution in [0.2, 0.25) is 0 Å². The average Bonchev–Trinajstić information content (AvgIpc) is 2.12. The fraction of sp³-hybridized carbons (Fsp3) is 0.250. The number of hydrogen-bond donors (Lipinski definition) is 2. The van der Waals surface area contributed by atoms with Gasteiger partial charge in [0, 0.05) is 24.3 Å². The minimum Gasteiger partial charge on any atom is -0.349 e. The summed E-state index contributed by atoms with van der Waals surface area (Å²) < 4.78 is 0. The Morgan fingerprint density at radius 3 is 3.25 bits per heavy atom. The first-order chi connectivity index (χ1) is 5.79. The highest BCUT2D eigenvalue weighted by atomic mass is 16.1. The SMILES string of the molecule is NC1CNC(=O)c2ncccc21. The zero-order chi connectivity index (χ0) is 8.55. The van der Waals surface area contributed by atoms with Gasteiger partial charge in [-0.3, -0.25) is 9.78 Å². The fourth-order valence-electron chi connectivity index (χ4n) is 1.30. The van der Waals surface area contributed by atoms with Crippen LogP contribution in [-0.2, 0) is 0 Å². The molecule has 0 bridgehead atoms. The van der Waals surface area contributed by atoms with Crippen LogP contribution in [0.3, 0.4) is 0 Å². The molecule has 3 N–H and O–H groups in total. The summed E-state index contributed by atoms with van der Waals surface area (Å²) in [6.07, 6.45) is 1.59. The maximum absolute atomic E-state index is 11.2. The Labute approximate surface area is 69.8 Å². The predicted octanol–water partition coefficient (Wildman–Crippen LogP) is -0.175. The highest BCUT2D eigenvalue weighted by molar-refractivity contribution is 5.94. The second-order valence-corrected chi connectivity index (χ2v) is 2.76. The van der Waals surface area contributed by atoms with Gasteiger partial charge in [-0.15, -0.1) is 0 Å². The van der Waals surface area contributed by atoms with Crippen molar-refractivity contribution in [1.29, 1.82) is 0 Å². The number of pyridine rings is 1. The van der Waals surface area contributed by atoms with Crippen molar-refractivity contribution >= 4 is 5.91 Å². The van der Waals surface area contributed by atoms with Gasteiger partial charge in [0.25, 0.3) is 5.91 Å². The molecule has 0 aromatic carbocycles. The van der Waals surface area contributed by atoms with Crippen molar-refractivity contribution in [2.24, 2.45) is 5.73 Å². The highest BCUT2D eigenvalue weighted by Crippen LogP contribution is 2.16. The van der Waals surface area contributed by atoms with E-state index in [1.54, 1.807) is 12.3 Å². The van der Waals surface area contributed by atoms with E-state index in [1.165, 1.54) is 0 Å². The van der Waals surface area contributed by atoms with Crippen LogP contribution in [0, 0.1) is 0 Å². The second-order valence-electron chi connectivity index (χ2n) is 2.76. The van der Waals surface area contributed by atoms with Crippen molar-refractivity contribution in [3.63, 3.8) is 0 Å². The molecule has 0 spiro atoms. The maximum Gasteiger partial charge on any atom is 0.270 e. The lowest BCUT2D eigenvalue weighted by atomic mass is 10.0. The van der Waals surface area contributed by atoms with Crippen LogP contribution < -0.4 is 11.1 Å². The Bertz CT molecular complexity index is 324. The smallest absolute Gasteiger partial charge is 0.270 e. The van der Waals surface area contributed by atoms with Crippen LogP contribution in [0.1, 0.15) is 22.1 Å². The van der Waals surface area contributed by atoms with Gasteiger partial charge in [0.1, 0.15) is 5.69 Å². The molecule has 0 saturated heterocycles. The molecule has 2 heterocycles. The molecule has 62 valence electrons. The number of carbonyl (C=O) groups is 1. The quantitative estimate of drug-likeness (QED) is 0.557. The fourth-order valence-corrected chi connectivity index (χ4v) is 1.30. The van der Waals surface area contributed by atoms with Gasteiger partial charge in [-0.2, -0.15) is 0 Å². The third kappa shape index (κ3) is 0.967. The van der Waals surface area contributed by atoms with E-state index in [0.717, 1.165) is 5.56 Å². The lowest BCUT2D eigenvalue weighted by molar-refractivity contribution is 0.0935. The molecular formula is C8H9N3O. The zero-order valence-corrected chi connectivity index (χ0v) is 6.45. The molecule has 2 rings (SSSR count). The van der Waals surface area contributed by atoms with E-state index in [-0.39, 0.29) is 11.9 Å². The van der Waals surface area contributed by atoms with E-state index in [0.29, 0.717) is 12.2 Å². The summed E-state index contributed by atoms with van der Waals surface area (Å²) in [5, 5.41) is 2.66. The van der Waals surface area contributed by atoms with Gasteiger partial charge in [0.05, 0.1) is 0 Å². The molecule has 1 unspecified atom stereocenters. The second kappa shape index (κ2) is 2.57. The molecule has 1 atom stereocenters. The predicted molar refractivity (Wildman–Crippen MR) is 43.5 cm³/mol. The molecule has 0 saturated carbocycles. The van der Waals surface area contributed by atoms with Crippen LogP contribution in [0.5, 0.6) is 0 Å². The largest absolute Gasteiger partial charge is 0.349 e. The molecule has 1 aliphatic rings. The molecule has 4 nitrogen and oxygen atoms in total. The maximum atomic E-state index is 11.2. The van der Waals surface area contributed by atoms with Gasteiger partial charge in [-0.25, -0.2) is 0 Å². The number of nitrogens with zero attached hydrogens (tertiary/aromatic N) is 1. The summed E-state index contributed by atoms with van der Waals surface area (Å²) in [6.45, 7) is 0.498. The lowest BCUT2D eigenvalue weighted by Gasteiger charge is -2.20. The summed E-state index contributed by atoms with van der Waals surface area (Å²) in [7, 11) is 0. The first-order valence-corrected chi connectivity index (χ1v) is 3.78. The molecule has 4 heteroatoms. The minimum atomic E-state index is -0.132. The summed E-state index contributed by atoms with van der Waals surface area (Å²) in [5.74, 6) is -0.132. The molecule has 1 aromatic heterocycles. The Kier molecular flexibility index (Phi) is 1.55. The lowest BCUT2D eigenvalue weighted by Crippen LogP contribution is -2.39. The molecule has 12 heavy (non-hydrogen) atoms. The van der Waals surface area contributed by atoms with Gasteiger partial charge in [-0.05, 0) is 6.07 Å². The average molecular weight is 163 g/mol. The summed E-state index contributed by atoms with van der Waals surface area (Å²) in [6, 6.07) is 3.51. The molecule has 0 radical (unpaired) electrons. The number of hydrogen-bond acceptors (Lipinski definition) is 3. The van der Waals surface area contributed by atoms with E-state index in [9.17, 15) is 4.79 Å². The van der Waals surface area contributed by atoms with E-state index in [1.807, 2.05) is 6.07 Å². The number of nitrogens with one attached hydrogen (secondary N) is 1. The van der Waals surface area contributed by atoms with Gasteiger partial charge < -0.3 is 11.1 Å². The summed E-state index contributed by atoms with van der Waals surface area (Å²) >= 11 is 0. The van der Waals surface area contributed by atoms with E-state index in [4.69, 9.17) is 5.73 Å². The normalized spacial score (nSPS) is 21.4. The number of nitrogens with two attached hydrogens (primary N) is 1. The van der Waals surface area contributed by atoms with E-state index >= 15 is 0 Å². The van der Waals surface area contributed by atoms with Crippen LogP contribution in [0.4, 0.5) is 0 Å². The number of amides is 1. The first-order valence-electron chi connectivity index (χ1n) is 3.78. The number of rotatable bonds is 0. The van der Waals surface area contributed by atoms with Crippen molar-refractivity contribution in [1.82, 2.24) is 10.3 Å². The summed E-state index contributed by atoms with van der Waals surface area (Å²) in [5.41, 5.74) is 7.04. The van der Waals surface area contributed by atoms with Gasteiger partial charge in [0.2, 0.25) is 0 Å². The standard InChI is InChI=1S/C8H9N3O/c9-6-4-11-8(12)7-5(6)2-1-3-10-7/h1-3,6H,4,9H2,(H,11,12). The summed E-state index contributed by atoms with van der Waals surface area (Å²) in [4.78, 5) is 15.2. The molecule has 1 aromatic rings. The highest BCUT2D eigenvalue weighted by Gasteiger charge is 2.22. The number of carbonyl (C=O) groups excluding carboxylic acids is 1. The molecule has 1 amide bonds. The molecule has 0 aliphatic carbocycles. The van der Waals surface area contributed by atoms with E-state index < -0.39 is 0 Å². The topological polar surface area (TPSA) is 68.0 Å². The number of aromatic nitrogens is 1. The van der Waals surface area contributed by atoms with Crippen molar-refractivity contribution < 1.29 is 4.79 Å². The molecule has 1 aliphatic heterocycles. The van der Waals surface area contributed by atoms with Crippen molar-refractivity contribution in [3.05, 3.63) is 29.6 Å². The van der Waals surface area contributed by atoms with Crippen molar-refractivity contribution in [2.75, 3.05) is 6.54 Å². The molecule has 0 fully saturated rings. The van der Waals surface area contributed by atoms with Crippen molar-refractivity contribution in [3.8, 4) is 0 Å². The zero-order valence-electron chi connectivity index (χ0n) is 6.45. The van der Waals surface area contributed by atoms with E-state index in [2.05, 4.69) is 10.3 Å².